The fraction of sp³-hybridized carbons (Fsp3) is 0.375. The third kappa shape index (κ3) is 2.06. The van der Waals surface area contributed by atoms with Gasteiger partial charge in [0, 0.05) is 18.3 Å². The molecule has 0 radical (unpaired) electrons. The second-order valence-corrected chi connectivity index (χ2v) is 2.81. The van der Waals surface area contributed by atoms with Gasteiger partial charge in [-0.05, 0) is 0 Å². The van der Waals surface area contributed by atoms with Crippen molar-refractivity contribution >= 4 is 5.69 Å². The molecule has 2 N–H and O–H groups in total. The molecule has 0 atom stereocenters. The zero-order valence-electron chi connectivity index (χ0n) is 8.31. The van der Waals surface area contributed by atoms with Crippen LogP contribution in [0.15, 0.2) is 6.20 Å². The fourth-order valence-electron chi connectivity index (χ4n) is 1.24. The van der Waals surface area contributed by atoms with Crippen LogP contribution in [0.2, 0.25) is 0 Å². The van der Waals surface area contributed by atoms with Gasteiger partial charge in [0.2, 0.25) is 5.75 Å². The van der Waals surface area contributed by atoms with Crippen molar-refractivity contribution < 1.29 is 18.4 Å². The largest absolute Gasteiger partial charge is 0.490 e. The number of hydrogen-bond acceptors (Lipinski definition) is 5. The SMILES string of the molecule is COc1c(CN)cnc(C(F)F)c1[N+](=O)[O-]. The molecule has 0 fully saturated rings. The lowest BCUT2D eigenvalue weighted by molar-refractivity contribution is -0.387. The quantitative estimate of drug-likeness (QED) is 0.626. The highest BCUT2D eigenvalue weighted by Gasteiger charge is 2.30. The third-order valence-electron chi connectivity index (χ3n) is 1.92. The Kier molecular flexibility index (Phi) is 3.67. The molecular formula is C8H9F2N3O3. The van der Waals surface area contributed by atoms with Crippen molar-refractivity contribution in [2.45, 2.75) is 13.0 Å². The molecule has 0 spiro atoms. The van der Waals surface area contributed by atoms with E-state index in [2.05, 4.69) is 4.98 Å². The van der Waals surface area contributed by atoms with Gasteiger partial charge in [0.05, 0.1) is 12.0 Å². The maximum atomic E-state index is 12.5. The van der Waals surface area contributed by atoms with Crippen LogP contribution in [0.1, 0.15) is 17.7 Å². The Balaban J connectivity index is 3.50. The number of nitro groups is 1. The van der Waals surface area contributed by atoms with Crippen LogP contribution in [0.3, 0.4) is 0 Å². The molecule has 0 saturated carbocycles. The van der Waals surface area contributed by atoms with Gasteiger partial charge < -0.3 is 10.5 Å². The average molecular weight is 233 g/mol. The molecule has 1 heterocycles. The molecule has 88 valence electrons. The maximum absolute atomic E-state index is 12.5. The number of nitrogens with zero attached hydrogens (tertiary/aromatic N) is 2. The van der Waals surface area contributed by atoms with Gasteiger partial charge in [0.25, 0.3) is 6.43 Å². The van der Waals surface area contributed by atoms with Crippen molar-refractivity contribution in [2.24, 2.45) is 5.73 Å². The Morgan fingerprint density at radius 3 is 2.69 bits per heavy atom. The molecule has 1 aromatic rings. The summed E-state index contributed by atoms with van der Waals surface area (Å²) < 4.78 is 29.7. The highest BCUT2D eigenvalue weighted by atomic mass is 19.3. The van der Waals surface area contributed by atoms with E-state index < -0.39 is 22.7 Å². The van der Waals surface area contributed by atoms with Crippen molar-refractivity contribution in [3.63, 3.8) is 0 Å². The fourth-order valence-corrected chi connectivity index (χ4v) is 1.24. The van der Waals surface area contributed by atoms with Gasteiger partial charge >= 0.3 is 5.69 Å². The predicted octanol–water partition coefficient (Wildman–Crippen LogP) is 1.39. The van der Waals surface area contributed by atoms with Gasteiger partial charge in [0.15, 0.2) is 5.69 Å². The molecule has 6 nitrogen and oxygen atoms in total. The summed E-state index contributed by atoms with van der Waals surface area (Å²) in [6.45, 7) is -0.0828. The Morgan fingerprint density at radius 1 is 1.69 bits per heavy atom. The predicted molar refractivity (Wildman–Crippen MR) is 50.3 cm³/mol. The van der Waals surface area contributed by atoms with Crippen LogP contribution >= 0.6 is 0 Å². The molecule has 16 heavy (non-hydrogen) atoms. The van der Waals surface area contributed by atoms with Crippen LogP contribution in [-0.4, -0.2) is 17.0 Å². The van der Waals surface area contributed by atoms with Gasteiger partial charge in [-0.1, -0.05) is 0 Å². The number of rotatable bonds is 4. The number of halogens is 2. The topological polar surface area (TPSA) is 91.3 Å². The molecule has 0 aliphatic rings. The van der Waals surface area contributed by atoms with E-state index in [1.54, 1.807) is 0 Å². The first-order chi connectivity index (χ1) is 7.52. The summed E-state index contributed by atoms with van der Waals surface area (Å²) in [6.07, 6.45) is -1.99. The highest BCUT2D eigenvalue weighted by Crippen LogP contribution is 2.37. The van der Waals surface area contributed by atoms with Crippen molar-refractivity contribution in [2.75, 3.05) is 7.11 Å². The third-order valence-corrected chi connectivity index (χ3v) is 1.92. The lowest BCUT2D eigenvalue weighted by Gasteiger charge is -2.09. The average Bonchev–Trinajstić information content (AvgIpc) is 2.26. The Bertz CT molecular complexity index is 412. The molecule has 0 unspecified atom stereocenters. The number of ether oxygens (including phenoxy) is 1. The summed E-state index contributed by atoms with van der Waals surface area (Å²) in [5.41, 5.74) is 3.75. The zero-order chi connectivity index (χ0) is 12.3. The van der Waals surface area contributed by atoms with Crippen LogP contribution in [-0.2, 0) is 6.54 Å². The van der Waals surface area contributed by atoms with E-state index in [4.69, 9.17) is 10.5 Å². The summed E-state index contributed by atoms with van der Waals surface area (Å²) in [6, 6.07) is 0. The smallest absolute Gasteiger partial charge is 0.338 e. The van der Waals surface area contributed by atoms with Crippen LogP contribution in [0.4, 0.5) is 14.5 Å². The Morgan fingerprint density at radius 2 is 2.31 bits per heavy atom. The van der Waals surface area contributed by atoms with E-state index in [9.17, 15) is 18.9 Å². The number of hydrogen-bond donors (Lipinski definition) is 1. The first-order valence-corrected chi connectivity index (χ1v) is 4.21. The summed E-state index contributed by atoms with van der Waals surface area (Å²) in [5.74, 6) is -0.266. The van der Waals surface area contributed by atoms with Crippen LogP contribution in [0, 0.1) is 10.1 Å². The number of methoxy groups -OCH3 is 1. The molecule has 0 aliphatic carbocycles. The molecule has 0 saturated heterocycles. The lowest BCUT2D eigenvalue weighted by atomic mass is 10.2. The van der Waals surface area contributed by atoms with E-state index in [1.807, 2.05) is 0 Å². The number of aromatic nitrogens is 1. The molecule has 0 aromatic carbocycles. The maximum Gasteiger partial charge on any atom is 0.338 e. The number of pyridine rings is 1. The summed E-state index contributed by atoms with van der Waals surface area (Å²) in [4.78, 5) is 13.1. The van der Waals surface area contributed by atoms with Crippen molar-refractivity contribution in [1.29, 1.82) is 0 Å². The first kappa shape index (κ1) is 12.2. The highest BCUT2D eigenvalue weighted by molar-refractivity contribution is 5.54. The normalized spacial score (nSPS) is 10.6. The van der Waals surface area contributed by atoms with Gasteiger partial charge in [-0.2, -0.15) is 0 Å². The number of alkyl halides is 2. The van der Waals surface area contributed by atoms with E-state index >= 15 is 0 Å². The second-order valence-electron chi connectivity index (χ2n) is 2.81. The van der Waals surface area contributed by atoms with Gasteiger partial charge in [-0.3, -0.25) is 10.1 Å². The minimum atomic E-state index is -3.04. The Labute approximate surface area is 89.2 Å². The van der Waals surface area contributed by atoms with Gasteiger partial charge in [0.1, 0.15) is 0 Å². The lowest BCUT2D eigenvalue weighted by Crippen LogP contribution is -2.07. The first-order valence-electron chi connectivity index (χ1n) is 4.21. The summed E-state index contributed by atoms with van der Waals surface area (Å²) in [7, 11) is 1.15. The van der Waals surface area contributed by atoms with Crippen LogP contribution in [0.5, 0.6) is 5.75 Å². The van der Waals surface area contributed by atoms with Crippen LogP contribution in [0.25, 0.3) is 0 Å². The van der Waals surface area contributed by atoms with E-state index in [1.165, 1.54) is 0 Å². The summed E-state index contributed by atoms with van der Waals surface area (Å²) in [5, 5.41) is 10.7. The van der Waals surface area contributed by atoms with Gasteiger partial charge in [-0.15, -0.1) is 0 Å². The molecule has 0 aliphatic heterocycles. The van der Waals surface area contributed by atoms with Crippen molar-refractivity contribution in [3.8, 4) is 5.75 Å². The molecule has 1 aromatic heterocycles. The second kappa shape index (κ2) is 4.79. The minimum absolute atomic E-state index is 0.0828. The molecular weight excluding hydrogens is 224 g/mol. The molecule has 0 bridgehead atoms. The van der Waals surface area contributed by atoms with Crippen LogP contribution < -0.4 is 10.5 Å². The Hall–Kier alpha value is -1.83. The standard InChI is InChI=1S/C8H9F2N3O3/c1-16-7-4(2-11)3-12-5(8(9)10)6(7)13(14)15/h3,8H,2,11H2,1H3. The molecule has 1 rings (SSSR count). The minimum Gasteiger partial charge on any atom is -0.490 e. The summed E-state index contributed by atoms with van der Waals surface area (Å²) >= 11 is 0. The monoisotopic (exact) mass is 233 g/mol. The zero-order valence-corrected chi connectivity index (χ0v) is 8.31. The number of nitrogens with two attached hydrogens (primary N) is 1. The van der Waals surface area contributed by atoms with Crippen molar-refractivity contribution in [1.82, 2.24) is 4.98 Å². The van der Waals surface area contributed by atoms with E-state index in [0.29, 0.717) is 0 Å². The molecule has 0 amide bonds. The van der Waals surface area contributed by atoms with Crippen molar-refractivity contribution in [3.05, 3.63) is 27.6 Å². The van der Waals surface area contributed by atoms with E-state index in [0.717, 1.165) is 13.3 Å². The van der Waals surface area contributed by atoms with E-state index in [-0.39, 0.29) is 17.9 Å². The van der Waals surface area contributed by atoms with Gasteiger partial charge in [-0.25, -0.2) is 13.8 Å². The molecule has 8 heteroatoms.